The summed E-state index contributed by atoms with van der Waals surface area (Å²) in [5.41, 5.74) is 3.19. The molecule has 1 aliphatic rings. The summed E-state index contributed by atoms with van der Waals surface area (Å²) < 4.78 is 5.38. The molecule has 3 rings (SSSR count). The zero-order chi connectivity index (χ0) is 18.9. The van der Waals surface area contributed by atoms with Gasteiger partial charge in [-0.1, -0.05) is 36.4 Å². The van der Waals surface area contributed by atoms with Crippen LogP contribution in [0.25, 0.3) is 6.08 Å². The molecule has 1 saturated heterocycles. The Labute approximate surface area is 161 Å². The van der Waals surface area contributed by atoms with Crippen LogP contribution in [0.1, 0.15) is 5.56 Å². The summed E-state index contributed by atoms with van der Waals surface area (Å²) in [6, 6.07) is 18.2. The third kappa shape index (κ3) is 6.24. The third-order valence-electron chi connectivity index (χ3n) is 4.57. The van der Waals surface area contributed by atoms with E-state index in [1.54, 1.807) is 0 Å². The molecule has 0 bridgehead atoms. The fourth-order valence-electron chi connectivity index (χ4n) is 3.09. The molecule has 27 heavy (non-hydrogen) atoms. The van der Waals surface area contributed by atoms with Crippen molar-refractivity contribution >= 4 is 23.4 Å². The van der Waals surface area contributed by atoms with Crippen molar-refractivity contribution in [1.29, 1.82) is 0 Å². The van der Waals surface area contributed by atoms with Gasteiger partial charge in [-0.05, 0) is 35.9 Å². The number of likely N-dealkylation sites (N-methyl/N-ethyl adjacent to an activating group) is 1. The maximum absolute atomic E-state index is 12.3. The van der Waals surface area contributed by atoms with E-state index in [9.17, 15) is 4.79 Å². The lowest BCUT2D eigenvalue weighted by Crippen LogP contribution is -3.09. The Balaban J connectivity index is 1.43. The number of amides is 1. The summed E-state index contributed by atoms with van der Waals surface area (Å²) in [4.78, 5) is 15.7. The minimum Gasteiger partial charge on any atom is -0.378 e. The van der Waals surface area contributed by atoms with Crippen molar-refractivity contribution in [1.82, 2.24) is 0 Å². The van der Waals surface area contributed by atoms with E-state index in [0.29, 0.717) is 6.54 Å². The number of carbonyl (C=O) groups is 1. The number of quaternary nitrogens is 1. The standard InChI is InChI=1S/C22H27N3O2/c1-24(13-5-8-19-6-3-2-4-7-19)18-22(26)23-20-9-11-21(12-10-20)25-14-16-27-17-15-25/h2-12H,13-18H2,1H3,(H,23,26)/p+1/b8-5+. The minimum absolute atomic E-state index is 0.0275. The summed E-state index contributed by atoms with van der Waals surface area (Å²) >= 11 is 0. The maximum atomic E-state index is 12.3. The summed E-state index contributed by atoms with van der Waals surface area (Å²) in [5, 5.41) is 2.98. The Hall–Kier alpha value is -2.63. The molecule has 0 aromatic heterocycles. The van der Waals surface area contributed by atoms with Crippen LogP contribution in [0.15, 0.2) is 60.7 Å². The van der Waals surface area contributed by atoms with Crippen LogP contribution in [0, 0.1) is 0 Å². The van der Waals surface area contributed by atoms with E-state index in [4.69, 9.17) is 4.74 Å². The van der Waals surface area contributed by atoms with Gasteiger partial charge >= 0.3 is 0 Å². The Morgan fingerprint density at radius 3 is 2.52 bits per heavy atom. The van der Waals surface area contributed by atoms with Crippen molar-refractivity contribution in [3.8, 4) is 0 Å². The Morgan fingerprint density at radius 1 is 1.11 bits per heavy atom. The summed E-state index contributed by atoms with van der Waals surface area (Å²) in [6.45, 7) is 4.61. The van der Waals surface area contributed by atoms with E-state index in [1.807, 2.05) is 37.4 Å². The normalized spacial score (nSPS) is 15.7. The van der Waals surface area contributed by atoms with Crippen LogP contribution in [0.3, 0.4) is 0 Å². The molecule has 1 unspecified atom stereocenters. The predicted octanol–water partition coefficient (Wildman–Crippen LogP) is 1.69. The van der Waals surface area contributed by atoms with Gasteiger partial charge in [0.1, 0.15) is 0 Å². The van der Waals surface area contributed by atoms with Crippen molar-refractivity contribution < 1.29 is 14.4 Å². The summed E-state index contributed by atoms with van der Waals surface area (Å²) in [5.74, 6) is 0.0275. The van der Waals surface area contributed by atoms with Gasteiger partial charge in [0, 0.05) is 24.5 Å². The number of nitrogens with one attached hydrogen (secondary N) is 2. The zero-order valence-electron chi connectivity index (χ0n) is 15.9. The predicted molar refractivity (Wildman–Crippen MR) is 110 cm³/mol. The first-order valence-corrected chi connectivity index (χ1v) is 9.46. The van der Waals surface area contributed by atoms with Gasteiger partial charge in [0.05, 0.1) is 26.8 Å². The molecule has 2 aromatic rings. The molecule has 1 aliphatic heterocycles. The van der Waals surface area contributed by atoms with Crippen LogP contribution in [0.5, 0.6) is 0 Å². The average molecular weight is 366 g/mol. The minimum atomic E-state index is 0.0275. The number of rotatable bonds is 7. The lowest BCUT2D eigenvalue weighted by molar-refractivity contribution is -0.864. The average Bonchev–Trinajstić information content (AvgIpc) is 2.70. The second-order valence-corrected chi connectivity index (χ2v) is 6.85. The van der Waals surface area contributed by atoms with Crippen molar-refractivity contribution in [3.05, 3.63) is 66.2 Å². The first kappa shape index (κ1) is 19.1. The highest BCUT2D eigenvalue weighted by Crippen LogP contribution is 2.18. The highest BCUT2D eigenvalue weighted by atomic mass is 16.5. The van der Waals surface area contributed by atoms with Crippen LogP contribution >= 0.6 is 0 Å². The highest BCUT2D eigenvalue weighted by molar-refractivity contribution is 5.91. The molecule has 5 nitrogen and oxygen atoms in total. The van der Waals surface area contributed by atoms with Gasteiger partial charge in [0.15, 0.2) is 6.54 Å². The molecule has 1 heterocycles. The van der Waals surface area contributed by atoms with E-state index < -0.39 is 0 Å². The van der Waals surface area contributed by atoms with Gasteiger partial charge in [-0.25, -0.2) is 0 Å². The van der Waals surface area contributed by atoms with Crippen LogP contribution < -0.4 is 15.1 Å². The molecule has 142 valence electrons. The van der Waals surface area contributed by atoms with Gasteiger partial charge in [-0.2, -0.15) is 0 Å². The van der Waals surface area contributed by atoms with E-state index in [1.165, 1.54) is 11.3 Å². The second-order valence-electron chi connectivity index (χ2n) is 6.85. The summed E-state index contributed by atoms with van der Waals surface area (Å²) in [6.07, 6.45) is 4.20. The number of hydrogen-bond acceptors (Lipinski definition) is 3. The number of anilines is 2. The van der Waals surface area contributed by atoms with E-state index in [-0.39, 0.29) is 5.91 Å². The number of morpholine rings is 1. The fraction of sp³-hybridized carbons (Fsp3) is 0.318. The molecule has 0 radical (unpaired) electrons. The number of hydrogen-bond donors (Lipinski definition) is 2. The molecule has 0 spiro atoms. The van der Waals surface area contributed by atoms with E-state index >= 15 is 0 Å². The fourth-order valence-corrected chi connectivity index (χ4v) is 3.09. The molecule has 2 aromatic carbocycles. The molecule has 0 saturated carbocycles. The lowest BCUT2D eigenvalue weighted by atomic mass is 10.2. The number of ether oxygens (including phenoxy) is 1. The van der Waals surface area contributed by atoms with E-state index in [0.717, 1.165) is 43.4 Å². The van der Waals surface area contributed by atoms with Gasteiger partial charge in [-0.3, -0.25) is 4.79 Å². The van der Waals surface area contributed by atoms with Gasteiger partial charge < -0.3 is 19.9 Å². The molecule has 5 heteroatoms. The zero-order valence-corrected chi connectivity index (χ0v) is 15.9. The molecule has 0 aliphatic carbocycles. The van der Waals surface area contributed by atoms with Crippen LogP contribution in [0.4, 0.5) is 11.4 Å². The topological polar surface area (TPSA) is 46.0 Å². The van der Waals surface area contributed by atoms with E-state index in [2.05, 4.69) is 46.6 Å². The number of nitrogens with zero attached hydrogens (tertiary/aromatic N) is 1. The Morgan fingerprint density at radius 2 is 1.81 bits per heavy atom. The molecule has 1 amide bonds. The highest BCUT2D eigenvalue weighted by Gasteiger charge is 2.12. The number of benzene rings is 2. The molecular formula is C22H28N3O2+. The lowest BCUT2D eigenvalue weighted by Gasteiger charge is -2.28. The van der Waals surface area contributed by atoms with Crippen molar-refractivity contribution in [2.24, 2.45) is 0 Å². The summed E-state index contributed by atoms with van der Waals surface area (Å²) in [7, 11) is 2.02. The van der Waals surface area contributed by atoms with Gasteiger partial charge in [0.2, 0.25) is 0 Å². The van der Waals surface area contributed by atoms with Gasteiger partial charge in [-0.15, -0.1) is 0 Å². The number of carbonyl (C=O) groups excluding carboxylic acids is 1. The van der Waals surface area contributed by atoms with Crippen molar-refractivity contribution in [2.45, 2.75) is 0 Å². The molecule has 1 atom stereocenters. The first-order chi connectivity index (χ1) is 13.2. The largest absolute Gasteiger partial charge is 0.378 e. The van der Waals surface area contributed by atoms with Crippen molar-refractivity contribution in [2.75, 3.05) is 56.7 Å². The van der Waals surface area contributed by atoms with Crippen LogP contribution in [0.2, 0.25) is 0 Å². The maximum Gasteiger partial charge on any atom is 0.279 e. The van der Waals surface area contributed by atoms with Crippen molar-refractivity contribution in [3.63, 3.8) is 0 Å². The monoisotopic (exact) mass is 366 g/mol. The SMILES string of the molecule is C[NH+](C/C=C/c1ccccc1)CC(=O)Nc1ccc(N2CCOCC2)cc1. The third-order valence-corrected chi connectivity index (χ3v) is 4.57. The Bertz CT molecular complexity index is 738. The second kappa shape index (κ2) is 9.90. The first-order valence-electron chi connectivity index (χ1n) is 9.46. The molecule has 2 N–H and O–H groups in total. The van der Waals surface area contributed by atoms with Crippen LogP contribution in [-0.2, 0) is 9.53 Å². The molecular weight excluding hydrogens is 338 g/mol. The Kier molecular flexibility index (Phi) is 7.02. The molecule has 1 fully saturated rings. The quantitative estimate of drug-likeness (QED) is 0.784. The smallest absolute Gasteiger partial charge is 0.279 e. The van der Waals surface area contributed by atoms with Gasteiger partial charge in [0.25, 0.3) is 5.91 Å². The van der Waals surface area contributed by atoms with Crippen LogP contribution in [-0.4, -0.2) is 52.3 Å².